The molecule has 2 aromatic rings. The summed E-state index contributed by atoms with van der Waals surface area (Å²) in [5, 5.41) is 1.08. The number of hydrogen-bond acceptors (Lipinski definition) is 2. The smallest absolute Gasteiger partial charge is 0.208 e. The van der Waals surface area contributed by atoms with Gasteiger partial charge < -0.3 is 0 Å². The predicted molar refractivity (Wildman–Crippen MR) is 74.7 cm³/mol. The SMILES string of the molecule is O=S(=O)(Cl)C=C(c1ccccc1)c1ccccc1. The molecule has 0 aromatic heterocycles. The van der Waals surface area contributed by atoms with E-state index < -0.39 is 9.05 Å². The van der Waals surface area contributed by atoms with Gasteiger partial charge in [0.05, 0.1) is 5.41 Å². The quantitative estimate of drug-likeness (QED) is 0.803. The first-order valence-electron chi connectivity index (χ1n) is 5.33. The Morgan fingerprint density at radius 3 is 1.56 bits per heavy atom. The van der Waals surface area contributed by atoms with Crippen molar-refractivity contribution >= 4 is 25.3 Å². The second-order valence-corrected chi connectivity index (χ2v) is 6.22. The van der Waals surface area contributed by atoms with Crippen LogP contribution in [0.5, 0.6) is 0 Å². The Morgan fingerprint density at radius 1 is 0.833 bits per heavy atom. The molecule has 0 heterocycles. The molecule has 0 fully saturated rings. The molecule has 2 aromatic carbocycles. The Balaban J connectivity index is 2.60. The number of halogens is 1. The summed E-state index contributed by atoms with van der Waals surface area (Å²) >= 11 is 0. The van der Waals surface area contributed by atoms with Crippen molar-refractivity contribution < 1.29 is 8.42 Å². The molecule has 0 unspecified atom stereocenters. The van der Waals surface area contributed by atoms with Gasteiger partial charge in [0.25, 0.3) is 9.05 Å². The van der Waals surface area contributed by atoms with E-state index in [0.717, 1.165) is 16.5 Å². The maximum atomic E-state index is 11.3. The number of benzene rings is 2. The molecule has 4 heteroatoms. The van der Waals surface area contributed by atoms with Gasteiger partial charge in [0.1, 0.15) is 0 Å². The van der Waals surface area contributed by atoms with Gasteiger partial charge in [0, 0.05) is 16.3 Å². The van der Waals surface area contributed by atoms with Crippen LogP contribution in [0.15, 0.2) is 66.1 Å². The standard InChI is InChI=1S/C14H11ClO2S/c15-18(16,17)11-14(12-7-3-1-4-8-12)13-9-5-2-6-10-13/h1-11H. The molecule has 0 atom stereocenters. The third-order valence-corrected chi connectivity index (χ3v) is 3.21. The molecule has 0 N–H and O–H groups in total. The molecule has 0 aliphatic carbocycles. The van der Waals surface area contributed by atoms with Crippen molar-refractivity contribution in [3.05, 3.63) is 77.2 Å². The summed E-state index contributed by atoms with van der Waals surface area (Å²) in [6.07, 6.45) is 0. The highest BCUT2D eigenvalue weighted by molar-refractivity contribution is 8.16. The molecule has 18 heavy (non-hydrogen) atoms. The van der Waals surface area contributed by atoms with Crippen molar-refractivity contribution in [3.63, 3.8) is 0 Å². The highest BCUT2D eigenvalue weighted by Gasteiger charge is 2.09. The molecule has 0 amide bonds. The minimum Gasteiger partial charge on any atom is -0.208 e. The van der Waals surface area contributed by atoms with Crippen LogP contribution >= 0.6 is 10.7 Å². The lowest BCUT2D eigenvalue weighted by molar-refractivity contribution is 0.617. The van der Waals surface area contributed by atoms with Crippen LogP contribution in [0.25, 0.3) is 5.57 Å². The monoisotopic (exact) mass is 278 g/mol. The summed E-state index contributed by atoms with van der Waals surface area (Å²) < 4.78 is 22.6. The van der Waals surface area contributed by atoms with Crippen molar-refractivity contribution in [3.8, 4) is 0 Å². The first-order valence-corrected chi connectivity index (χ1v) is 7.71. The van der Waals surface area contributed by atoms with Gasteiger partial charge in [-0.1, -0.05) is 60.7 Å². The molecule has 2 rings (SSSR count). The first kappa shape index (κ1) is 12.9. The Bertz CT molecular complexity index is 605. The van der Waals surface area contributed by atoms with E-state index in [1.54, 1.807) is 0 Å². The van der Waals surface area contributed by atoms with Crippen LogP contribution in [0.1, 0.15) is 11.1 Å². The second kappa shape index (κ2) is 5.38. The van der Waals surface area contributed by atoms with E-state index in [4.69, 9.17) is 10.7 Å². The molecule has 92 valence electrons. The molecule has 0 aliphatic rings. The average molecular weight is 279 g/mol. The van der Waals surface area contributed by atoms with Gasteiger partial charge in [-0.05, 0) is 11.1 Å². The highest BCUT2D eigenvalue weighted by Crippen LogP contribution is 2.25. The third-order valence-electron chi connectivity index (χ3n) is 2.43. The Kier molecular flexibility index (Phi) is 3.84. The molecule has 0 spiro atoms. The van der Waals surface area contributed by atoms with Crippen LogP contribution in [0.2, 0.25) is 0 Å². The summed E-state index contributed by atoms with van der Waals surface area (Å²) in [5.74, 6) is 0. The average Bonchev–Trinajstić information content (AvgIpc) is 2.37. The lowest BCUT2D eigenvalue weighted by Gasteiger charge is -2.07. The first-order chi connectivity index (χ1) is 8.56. The van der Waals surface area contributed by atoms with Gasteiger partial charge in [-0.3, -0.25) is 0 Å². The van der Waals surface area contributed by atoms with Crippen LogP contribution in [0, 0.1) is 0 Å². The Labute approximate surface area is 111 Å². The maximum absolute atomic E-state index is 11.3. The Morgan fingerprint density at radius 2 is 1.22 bits per heavy atom. The zero-order valence-electron chi connectivity index (χ0n) is 9.45. The van der Waals surface area contributed by atoms with Gasteiger partial charge in [0.2, 0.25) is 0 Å². The minimum absolute atomic E-state index is 0.589. The molecule has 0 saturated carbocycles. The molecule has 0 radical (unpaired) electrons. The van der Waals surface area contributed by atoms with Crippen molar-refractivity contribution in [1.29, 1.82) is 0 Å². The van der Waals surface area contributed by atoms with Gasteiger partial charge in [-0.2, -0.15) is 0 Å². The lowest BCUT2D eigenvalue weighted by Crippen LogP contribution is -1.91. The fourth-order valence-corrected chi connectivity index (χ4v) is 2.50. The van der Waals surface area contributed by atoms with E-state index in [9.17, 15) is 8.42 Å². The van der Waals surface area contributed by atoms with Crippen LogP contribution in [0.4, 0.5) is 0 Å². The van der Waals surface area contributed by atoms with Gasteiger partial charge in [-0.25, -0.2) is 8.42 Å². The van der Waals surface area contributed by atoms with E-state index in [0.29, 0.717) is 5.57 Å². The van der Waals surface area contributed by atoms with E-state index in [1.807, 2.05) is 60.7 Å². The predicted octanol–water partition coefficient (Wildman–Crippen LogP) is 3.64. The van der Waals surface area contributed by atoms with Crippen LogP contribution in [0.3, 0.4) is 0 Å². The van der Waals surface area contributed by atoms with Crippen LogP contribution < -0.4 is 0 Å². The van der Waals surface area contributed by atoms with Crippen molar-refractivity contribution in [1.82, 2.24) is 0 Å². The Hall–Kier alpha value is -1.58. The zero-order valence-corrected chi connectivity index (χ0v) is 11.0. The van der Waals surface area contributed by atoms with Gasteiger partial charge in [0.15, 0.2) is 0 Å². The fraction of sp³-hybridized carbons (Fsp3) is 0. The van der Waals surface area contributed by atoms with E-state index in [1.165, 1.54) is 0 Å². The van der Waals surface area contributed by atoms with Crippen molar-refractivity contribution in [2.75, 3.05) is 0 Å². The van der Waals surface area contributed by atoms with Crippen molar-refractivity contribution in [2.24, 2.45) is 0 Å². The number of hydrogen-bond donors (Lipinski definition) is 0. The summed E-state index contributed by atoms with van der Waals surface area (Å²) in [6, 6.07) is 18.6. The minimum atomic E-state index is -3.71. The second-order valence-electron chi connectivity index (χ2n) is 3.74. The lowest BCUT2D eigenvalue weighted by atomic mass is 10.00. The number of rotatable bonds is 3. The fourth-order valence-electron chi connectivity index (χ4n) is 1.68. The van der Waals surface area contributed by atoms with Crippen molar-refractivity contribution in [2.45, 2.75) is 0 Å². The van der Waals surface area contributed by atoms with Gasteiger partial charge in [-0.15, -0.1) is 0 Å². The molecule has 0 bridgehead atoms. The maximum Gasteiger partial charge on any atom is 0.255 e. The third kappa shape index (κ3) is 3.45. The largest absolute Gasteiger partial charge is 0.255 e. The summed E-state index contributed by atoms with van der Waals surface area (Å²) in [7, 11) is 1.61. The summed E-state index contributed by atoms with van der Waals surface area (Å²) in [4.78, 5) is 0. The highest BCUT2D eigenvalue weighted by atomic mass is 35.7. The van der Waals surface area contributed by atoms with Gasteiger partial charge >= 0.3 is 0 Å². The van der Waals surface area contributed by atoms with E-state index >= 15 is 0 Å². The summed E-state index contributed by atoms with van der Waals surface area (Å²) in [6.45, 7) is 0. The summed E-state index contributed by atoms with van der Waals surface area (Å²) in [5.41, 5.74) is 2.21. The van der Waals surface area contributed by atoms with E-state index in [-0.39, 0.29) is 0 Å². The normalized spacial score (nSPS) is 10.9. The van der Waals surface area contributed by atoms with Crippen LogP contribution in [-0.4, -0.2) is 8.42 Å². The topological polar surface area (TPSA) is 34.1 Å². The van der Waals surface area contributed by atoms with E-state index in [2.05, 4.69) is 0 Å². The molecule has 2 nitrogen and oxygen atoms in total. The zero-order chi connectivity index (χ0) is 13.0. The molecular formula is C14H11ClO2S. The molecule has 0 saturated heterocycles. The molecular weight excluding hydrogens is 268 g/mol. The molecule has 0 aliphatic heterocycles. The van der Waals surface area contributed by atoms with Crippen LogP contribution in [-0.2, 0) is 9.05 Å².